The van der Waals surface area contributed by atoms with Crippen molar-refractivity contribution < 1.29 is 18.0 Å². The lowest BCUT2D eigenvalue weighted by atomic mass is 10.0. The zero-order valence-corrected chi connectivity index (χ0v) is 13.7. The van der Waals surface area contributed by atoms with Gasteiger partial charge in [-0.1, -0.05) is 6.07 Å². The summed E-state index contributed by atoms with van der Waals surface area (Å²) in [6, 6.07) is 5.00. The fourth-order valence-electron chi connectivity index (χ4n) is 2.18. The lowest BCUT2D eigenvalue weighted by molar-refractivity contribution is 0.123. The van der Waals surface area contributed by atoms with E-state index in [4.69, 9.17) is 18.0 Å². The molecular weight excluding hydrogens is 260 g/mol. The van der Waals surface area contributed by atoms with Crippen molar-refractivity contribution in [3.8, 4) is 5.75 Å². The third-order valence-electron chi connectivity index (χ3n) is 3.49. The maximum atomic E-state index is 5.44. The normalized spacial score (nSPS) is 11.7. The van der Waals surface area contributed by atoms with E-state index >= 15 is 0 Å². The zero-order chi connectivity index (χ0) is 14.5. The van der Waals surface area contributed by atoms with E-state index in [1.165, 1.54) is 11.1 Å². The first-order valence-corrected chi connectivity index (χ1v) is 8.24. The Kier molecular flexibility index (Phi) is 6.00. The number of hydrogen-bond acceptors (Lipinski definition) is 4. The van der Waals surface area contributed by atoms with E-state index in [1.807, 2.05) is 0 Å². The monoisotopic (exact) mass is 284 g/mol. The Morgan fingerprint density at radius 3 is 1.95 bits per heavy atom. The molecule has 0 aliphatic heterocycles. The molecule has 0 N–H and O–H groups in total. The SMILES string of the molecule is COc1cc(C)c(CC[Si](OC)(OC)OC)cc1C. The molecule has 0 saturated carbocycles. The first-order valence-electron chi connectivity index (χ1n) is 6.31. The van der Waals surface area contributed by atoms with Crippen molar-refractivity contribution in [1.29, 1.82) is 0 Å². The summed E-state index contributed by atoms with van der Waals surface area (Å²) in [5, 5.41) is 0. The minimum absolute atomic E-state index is 0.767. The van der Waals surface area contributed by atoms with Crippen LogP contribution in [0.4, 0.5) is 0 Å². The van der Waals surface area contributed by atoms with Crippen LogP contribution in [0.2, 0.25) is 6.04 Å². The van der Waals surface area contributed by atoms with E-state index in [0.29, 0.717) is 0 Å². The molecule has 0 aromatic heterocycles. The Labute approximate surface area is 117 Å². The van der Waals surface area contributed by atoms with Crippen molar-refractivity contribution in [3.05, 3.63) is 28.8 Å². The molecule has 1 aromatic rings. The van der Waals surface area contributed by atoms with Gasteiger partial charge in [0.1, 0.15) is 5.75 Å². The summed E-state index contributed by atoms with van der Waals surface area (Å²) in [5.41, 5.74) is 3.64. The molecule has 0 radical (unpaired) electrons. The molecule has 0 atom stereocenters. The number of rotatable bonds is 7. The van der Waals surface area contributed by atoms with Gasteiger partial charge in [-0.2, -0.15) is 0 Å². The molecule has 4 nitrogen and oxygen atoms in total. The van der Waals surface area contributed by atoms with Gasteiger partial charge in [-0.15, -0.1) is 0 Å². The van der Waals surface area contributed by atoms with E-state index in [2.05, 4.69) is 26.0 Å². The number of aryl methyl sites for hydroxylation is 3. The Hall–Kier alpha value is -0.883. The first kappa shape index (κ1) is 16.2. The molecule has 0 aliphatic carbocycles. The highest BCUT2D eigenvalue weighted by Crippen LogP contribution is 2.25. The third kappa shape index (κ3) is 3.79. The molecule has 0 unspecified atom stereocenters. The lowest BCUT2D eigenvalue weighted by Crippen LogP contribution is -2.43. The average Bonchev–Trinajstić information content (AvgIpc) is 2.44. The van der Waals surface area contributed by atoms with Crippen LogP contribution in [0.25, 0.3) is 0 Å². The fourth-order valence-corrected chi connectivity index (χ4v) is 3.87. The Bertz CT molecular complexity index is 408. The van der Waals surface area contributed by atoms with Crippen LogP contribution < -0.4 is 4.74 Å². The van der Waals surface area contributed by atoms with E-state index in [0.717, 1.165) is 23.8 Å². The molecule has 0 amide bonds. The van der Waals surface area contributed by atoms with Gasteiger partial charge >= 0.3 is 8.80 Å². The van der Waals surface area contributed by atoms with Crippen LogP contribution in [-0.2, 0) is 19.7 Å². The van der Waals surface area contributed by atoms with E-state index < -0.39 is 8.80 Å². The average molecular weight is 284 g/mol. The van der Waals surface area contributed by atoms with Gasteiger partial charge in [0, 0.05) is 27.4 Å². The highest BCUT2D eigenvalue weighted by atomic mass is 28.4. The first-order chi connectivity index (χ1) is 9.01. The number of methoxy groups -OCH3 is 1. The van der Waals surface area contributed by atoms with E-state index in [-0.39, 0.29) is 0 Å². The molecule has 0 heterocycles. The molecule has 1 rings (SSSR count). The highest BCUT2D eigenvalue weighted by molar-refractivity contribution is 6.60. The lowest BCUT2D eigenvalue weighted by Gasteiger charge is -2.24. The van der Waals surface area contributed by atoms with Crippen molar-refractivity contribution in [2.45, 2.75) is 26.3 Å². The smallest absolute Gasteiger partial charge is 0.496 e. The van der Waals surface area contributed by atoms with Crippen molar-refractivity contribution in [2.75, 3.05) is 28.4 Å². The van der Waals surface area contributed by atoms with Crippen LogP contribution in [0, 0.1) is 13.8 Å². The molecule has 1 aromatic carbocycles. The van der Waals surface area contributed by atoms with Crippen LogP contribution in [-0.4, -0.2) is 37.2 Å². The molecule has 0 aliphatic rings. The summed E-state index contributed by atoms with van der Waals surface area (Å²) in [6.07, 6.45) is 0.873. The molecule has 0 bridgehead atoms. The van der Waals surface area contributed by atoms with Gasteiger partial charge < -0.3 is 18.0 Å². The zero-order valence-electron chi connectivity index (χ0n) is 12.7. The van der Waals surface area contributed by atoms with Crippen molar-refractivity contribution in [3.63, 3.8) is 0 Å². The standard InChI is InChI=1S/C14H24O4Si/c1-11-10-14(15-3)12(2)9-13(11)7-8-19(16-4,17-5)18-6/h9-10H,7-8H2,1-6H3. The van der Waals surface area contributed by atoms with E-state index in [1.54, 1.807) is 28.4 Å². The molecular formula is C14H24O4Si. The van der Waals surface area contributed by atoms with Gasteiger partial charge in [-0.25, -0.2) is 0 Å². The second-order valence-electron chi connectivity index (χ2n) is 4.54. The van der Waals surface area contributed by atoms with Crippen molar-refractivity contribution >= 4 is 8.80 Å². The molecule has 0 fully saturated rings. The quantitative estimate of drug-likeness (QED) is 0.721. The topological polar surface area (TPSA) is 36.9 Å². The van der Waals surface area contributed by atoms with Gasteiger partial charge in [0.25, 0.3) is 0 Å². The van der Waals surface area contributed by atoms with Crippen LogP contribution >= 0.6 is 0 Å². The Balaban J connectivity index is 2.86. The summed E-state index contributed by atoms with van der Waals surface area (Å²) in [4.78, 5) is 0. The summed E-state index contributed by atoms with van der Waals surface area (Å²) in [6.45, 7) is 4.14. The molecule has 19 heavy (non-hydrogen) atoms. The minimum Gasteiger partial charge on any atom is -0.496 e. The van der Waals surface area contributed by atoms with Crippen LogP contribution in [0.3, 0.4) is 0 Å². The van der Waals surface area contributed by atoms with Gasteiger partial charge in [0.2, 0.25) is 0 Å². The summed E-state index contributed by atoms with van der Waals surface area (Å²) in [5.74, 6) is 0.926. The Morgan fingerprint density at radius 2 is 1.47 bits per heavy atom. The van der Waals surface area contributed by atoms with Gasteiger partial charge in [-0.3, -0.25) is 0 Å². The predicted octanol–water partition coefficient (Wildman–Crippen LogP) is 2.73. The third-order valence-corrected chi connectivity index (χ3v) is 6.22. The van der Waals surface area contributed by atoms with Gasteiger partial charge in [0.15, 0.2) is 0 Å². The minimum atomic E-state index is -2.49. The molecule has 5 heteroatoms. The molecule has 108 valence electrons. The fraction of sp³-hybridized carbons (Fsp3) is 0.571. The number of benzene rings is 1. The van der Waals surface area contributed by atoms with Crippen molar-refractivity contribution in [1.82, 2.24) is 0 Å². The van der Waals surface area contributed by atoms with E-state index in [9.17, 15) is 0 Å². The number of hydrogen-bond donors (Lipinski definition) is 0. The Morgan fingerprint density at radius 1 is 0.895 bits per heavy atom. The van der Waals surface area contributed by atoms with Crippen LogP contribution in [0.5, 0.6) is 5.75 Å². The second-order valence-corrected chi connectivity index (χ2v) is 7.63. The van der Waals surface area contributed by atoms with Crippen LogP contribution in [0.1, 0.15) is 16.7 Å². The van der Waals surface area contributed by atoms with Crippen LogP contribution in [0.15, 0.2) is 12.1 Å². The summed E-state index contributed by atoms with van der Waals surface area (Å²) < 4.78 is 21.7. The maximum absolute atomic E-state index is 5.44. The predicted molar refractivity (Wildman–Crippen MR) is 77.8 cm³/mol. The number of ether oxygens (including phenoxy) is 1. The maximum Gasteiger partial charge on any atom is 0.500 e. The molecule has 0 spiro atoms. The summed E-state index contributed by atoms with van der Waals surface area (Å²) in [7, 11) is 4.13. The molecule has 0 saturated heterocycles. The van der Waals surface area contributed by atoms with Crippen molar-refractivity contribution in [2.24, 2.45) is 0 Å². The largest absolute Gasteiger partial charge is 0.500 e. The van der Waals surface area contributed by atoms with Gasteiger partial charge in [0.05, 0.1) is 7.11 Å². The highest BCUT2D eigenvalue weighted by Gasteiger charge is 2.37. The van der Waals surface area contributed by atoms with Gasteiger partial charge in [-0.05, 0) is 43.0 Å². The summed E-state index contributed by atoms with van der Waals surface area (Å²) >= 11 is 0. The second kappa shape index (κ2) is 7.05.